The van der Waals surface area contributed by atoms with E-state index in [9.17, 15) is 4.79 Å². The Hall–Kier alpha value is -3.64. The number of benzene rings is 3. The van der Waals surface area contributed by atoms with Crippen LogP contribution in [0.25, 0.3) is 0 Å². The maximum atomic E-state index is 13.1. The van der Waals surface area contributed by atoms with Crippen molar-refractivity contribution in [1.29, 1.82) is 0 Å². The topological polar surface area (TPSA) is 71.8 Å². The maximum absolute atomic E-state index is 13.1. The number of aromatic nitrogens is 3. The molecule has 4 rings (SSSR count). The first-order chi connectivity index (χ1) is 15.5. The molecule has 0 radical (unpaired) electrons. The van der Waals surface area contributed by atoms with Crippen LogP contribution in [-0.4, -0.2) is 20.7 Å². The third-order valence-electron chi connectivity index (χ3n) is 5.01. The van der Waals surface area contributed by atoms with Crippen molar-refractivity contribution in [2.24, 2.45) is 0 Å². The van der Waals surface area contributed by atoms with Crippen LogP contribution in [0.15, 0.2) is 72.8 Å². The predicted octanol–water partition coefficient (Wildman–Crippen LogP) is 5.46. The molecule has 162 valence electrons. The molecule has 1 aromatic heterocycles. The van der Waals surface area contributed by atoms with Gasteiger partial charge in [0.2, 0.25) is 11.9 Å². The van der Waals surface area contributed by atoms with Crippen LogP contribution in [-0.2, 0) is 13.1 Å². The van der Waals surface area contributed by atoms with Gasteiger partial charge >= 0.3 is 0 Å². The van der Waals surface area contributed by atoms with Gasteiger partial charge in [-0.05, 0) is 43.2 Å². The third-order valence-corrected chi connectivity index (χ3v) is 5.25. The fourth-order valence-electron chi connectivity index (χ4n) is 3.16. The zero-order chi connectivity index (χ0) is 22.5. The van der Waals surface area contributed by atoms with E-state index >= 15 is 0 Å². The van der Waals surface area contributed by atoms with Gasteiger partial charge in [0.15, 0.2) is 0 Å². The molecule has 0 spiro atoms. The van der Waals surface area contributed by atoms with E-state index in [1.165, 1.54) is 15.8 Å². The first-order valence-corrected chi connectivity index (χ1v) is 10.7. The van der Waals surface area contributed by atoms with E-state index in [4.69, 9.17) is 11.6 Å². The van der Waals surface area contributed by atoms with Crippen molar-refractivity contribution in [3.63, 3.8) is 0 Å². The lowest BCUT2D eigenvalue weighted by molar-refractivity contribution is 0.0947. The zero-order valence-electron chi connectivity index (χ0n) is 18.0. The van der Waals surface area contributed by atoms with E-state index in [-0.39, 0.29) is 5.91 Å². The van der Waals surface area contributed by atoms with Gasteiger partial charge < -0.3 is 10.6 Å². The summed E-state index contributed by atoms with van der Waals surface area (Å²) >= 11 is 6.08. The highest BCUT2D eigenvalue weighted by atomic mass is 35.5. The van der Waals surface area contributed by atoms with Gasteiger partial charge in [0.25, 0.3) is 5.91 Å². The van der Waals surface area contributed by atoms with Crippen LogP contribution in [0.3, 0.4) is 0 Å². The molecule has 0 saturated heterocycles. The van der Waals surface area contributed by atoms with E-state index in [1.807, 2.05) is 50.2 Å². The fraction of sp³-hybridized carbons (Fsp3) is 0.160. The normalized spacial score (nSPS) is 10.7. The van der Waals surface area contributed by atoms with E-state index < -0.39 is 0 Å². The number of carbonyl (C=O) groups excluding carboxylic acids is 1. The molecule has 1 heterocycles. The number of carbonyl (C=O) groups is 1. The molecule has 0 atom stereocenters. The number of rotatable bonds is 7. The Labute approximate surface area is 192 Å². The molecule has 6 nitrogen and oxygen atoms in total. The predicted molar refractivity (Wildman–Crippen MR) is 128 cm³/mol. The quantitative estimate of drug-likeness (QED) is 0.395. The summed E-state index contributed by atoms with van der Waals surface area (Å²) in [6.45, 7) is 5.16. The monoisotopic (exact) mass is 445 g/mol. The molecular formula is C25H24ClN5O. The lowest BCUT2D eigenvalue weighted by atomic mass is 10.1. The highest BCUT2D eigenvalue weighted by molar-refractivity contribution is 6.31. The molecule has 0 amide bonds. The van der Waals surface area contributed by atoms with Crippen molar-refractivity contribution in [3.05, 3.63) is 106 Å². The van der Waals surface area contributed by atoms with Crippen LogP contribution in [0, 0.1) is 13.8 Å². The number of aryl methyl sites for hydroxylation is 2. The molecular weight excluding hydrogens is 422 g/mol. The standard InChI is InChI=1S/C25H24ClN5O/c1-17-6-10-19(11-7-17)15-27-24-29-25(28-16-20-12-8-18(2)9-13-20)31(30-24)23(32)21-4-3-5-22(26)14-21/h3-14H,15-16H2,1-2H3,(H2,27,28,29,30). The molecule has 0 aliphatic rings. The average molecular weight is 446 g/mol. The van der Waals surface area contributed by atoms with Gasteiger partial charge in [0.1, 0.15) is 0 Å². The SMILES string of the molecule is Cc1ccc(CNc2nc(NCc3ccc(C)cc3)n(C(=O)c3cccc(Cl)c3)n2)cc1. The average Bonchev–Trinajstić information content (AvgIpc) is 3.21. The Morgan fingerprint density at radius 1 is 0.875 bits per heavy atom. The van der Waals surface area contributed by atoms with Gasteiger partial charge in [0, 0.05) is 23.7 Å². The van der Waals surface area contributed by atoms with E-state index in [0.29, 0.717) is 35.6 Å². The lowest BCUT2D eigenvalue weighted by Crippen LogP contribution is -2.17. The summed E-state index contributed by atoms with van der Waals surface area (Å²) in [6, 6.07) is 23.2. The van der Waals surface area contributed by atoms with Crippen molar-refractivity contribution >= 4 is 29.4 Å². The van der Waals surface area contributed by atoms with Crippen LogP contribution in [0.2, 0.25) is 5.02 Å². The van der Waals surface area contributed by atoms with Gasteiger partial charge in [-0.15, -0.1) is 5.10 Å². The van der Waals surface area contributed by atoms with E-state index in [2.05, 4.69) is 32.8 Å². The minimum atomic E-state index is -0.310. The second kappa shape index (κ2) is 9.66. The number of anilines is 2. The van der Waals surface area contributed by atoms with Gasteiger partial charge in [-0.25, -0.2) is 0 Å². The van der Waals surface area contributed by atoms with Gasteiger partial charge in [-0.2, -0.15) is 9.67 Å². The molecule has 2 N–H and O–H groups in total. The van der Waals surface area contributed by atoms with Crippen LogP contribution >= 0.6 is 11.6 Å². The largest absolute Gasteiger partial charge is 0.350 e. The highest BCUT2D eigenvalue weighted by Crippen LogP contribution is 2.17. The molecule has 0 aliphatic heterocycles. The van der Waals surface area contributed by atoms with Crippen LogP contribution in [0.5, 0.6) is 0 Å². The number of halogens is 1. The zero-order valence-corrected chi connectivity index (χ0v) is 18.7. The summed E-state index contributed by atoms with van der Waals surface area (Å²) in [5, 5.41) is 11.3. The van der Waals surface area contributed by atoms with Crippen LogP contribution in [0.4, 0.5) is 11.9 Å². The first-order valence-electron chi connectivity index (χ1n) is 10.3. The second-order valence-corrected chi connectivity index (χ2v) is 8.10. The van der Waals surface area contributed by atoms with E-state index in [1.54, 1.807) is 24.3 Å². The molecule has 0 fully saturated rings. The highest BCUT2D eigenvalue weighted by Gasteiger charge is 2.18. The Morgan fingerprint density at radius 2 is 1.47 bits per heavy atom. The van der Waals surface area contributed by atoms with Gasteiger partial charge in [-0.3, -0.25) is 4.79 Å². The summed E-state index contributed by atoms with van der Waals surface area (Å²) in [5.41, 5.74) is 5.00. The molecule has 0 bridgehead atoms. The molecule has 3 aromatic carbocycles. The van der Waals surface area contributed by atoms with Crippen molar-refractivity contribution in [3.8, 4) is 0 Å². The van der Waals surface area contributed by atoms with Gasteiger partial charge in [0.05, 0.1) is 0 Å². The smallest absolute Gasteiger partial charge is 0.281 e. The van der Waals surface area contributed by atoms with Crippen molar-refractivity contribution < 1.29 is 4.79 Å². The maximum Gasteiger partial charge on any atom is 0.281 e. The van der Waals surface area contributed by atoms with Crippen molar-refractivity contribution in [2.45, 2.75) is 26.9 Å². The Bertz CT molecular complexity index is 1220. The number of nitrogens with zero attached hydrogens (tertiary/aromatic N) is 3. The molecule has 0 saturated carbocycles. The fourth-order valence-corrected chi connectivity index (χ4v) is 3.35. The van der Waals surface area contributed by atoms with Crippen molar-refractivity contribution in [1.82, 2.24) is 14.8 Å². The van der Waals surface area contributed by atoms with E-state index in [0.717, 1.165) is 11.1 Å². The Morgan fingerprint density at radius 3 is 2.06 bits per heavy atom. The number of nitrogens with one attached hydrogen (secondary N) is 2. The molecule has 0 aliphatic carbocycles. The number of hydrogen-bond acceptors (Lipinski definition) is 5. The third kappa shape index (κ3) is 5.34. The van der Waals surface area contributed by atoms with Gasteiger partial charge in [-0.1, -0.05) is 77.3 Å². The molecule has 4 aromatic rings. The minimum absolute atomic E-state index is 0.310. The summed E-state index contributed by atoms with van der Waals surface area (Å²) in [4.78, 5) is 17.7. The first kappa shape index (κ1) is 21.6. The lowest BCUT2D eigenvalue weighted by Gasteiger charge is -2.08. The van der Waals surface area contributed by atoms with Crippen LogP contribution in [0.1, 0.15) is 32.6 Å². The molecule has 0 unspecified atom stereocenters. The van der Waals surface area contributed by atoms with Crippen LogP contribution < -0.4 is 10.6 Å². The Balaban J connectivity index is 1.57. The molecule has 32 heavy (non-hydrogen) atoms. The molecule has 7 heteroatoms. The number of hydrogen-bond donors (Lipinski definition) is 2. The minimum Gasteiger partial charge on any atom is -0.350 e. The van der Waals surface area contributed by atoms with Crippen molar-refractivity contribution in [2.75, 3.05) is 10.6 Å². The summed E-state index contributed by atoms with van der Waals surface area (Å²) in [5.74, 6) is 0.420. The summed E-state index contributed by atoms with van der Waals surface area (Å²) in [6.07, 6.45) is 0. The summed E-state index contributed by atoms with van der Waals surface area (Å²) in [7, 11) is 0. The Kier molecular flexibility index (Phi) is 6.52. The second-order valence-electron chi connectivity index (χ2n) is 7.66. The summed E-state index contributed by atoms with van der Waals surface area (Å²) < 4.78 is 1.28.